The maximum absolute atomic E-state index is 10.5. The highest BCUT2D eigenvalue weighted by molar-refractivity contribution is 7.17. The van der Waals surface area contributed by atoms with E-state index in [1.54, 1.807) is 11.3 Å². The molecule has 0 amide bonds. The molecule has 1 aromatic carbocycles. The van der Waals surface area contributed by atoms with Crippen LogP contribution in [0.2, 0.25) is 0 Å². The molecule has 5 rings (SSSR count). The Hall–Kier alpha value is -2.30. The minimum Gasteiger partial charge on any atom is -0.390 e. The fourth-order valence-electron chi connectivity index (χ4n) is 4.59. The molecule has 0 bridgehead atoms. The minimum atomic E-state index is -0.686. The summed E-state index contributed by atoms with van der Waals surface area (Å²) >= 11 is 1.63. The zero-order valence-electron chi connectivity index (χ0n) is 18.8. The van der Waals surface area contributed by atoms with Crippen molar-refractivity contribution >= 4 is 39.0 Å². The van der Waals surface area contributed by atoms with Crippen LogP contribution in [0, 0.1) is 0 Å². The lowest BCUT2D eigenvalue weighted by molar-refractivity contribution is 0.0196. The third-order valence-corrected chi connectivity index (χ3v) is 7.55. The van der Waals surface area contributed by atoms with Crippen LogP contribution < -0.4 is 21.3 Å². The lowest BCUT2D eigenvalue weighted by Gasteiger charge is -2.33. The first kappa shape index (κ1) is 22.5. The molecule has 176 valence electrons. The number of fused-ring (bicyclic) bond motifs is 1. The van der Waals surface area contributed by atoms with Crippen LogP contribution in [-0.4, -0.2) is 51.0 Å². The van der Waals surface area contributed by atoms with Gasteiger partial charge in [0.05, 0.1) is 15.8 Å². The molecule has 0 radical (unpaired) electrons. The van der Waals surface area contributed by atoms with Crippen molar-refractivity contribution in [2.75, 3.05) is 23.7 Å². The maximum atomic E-state index is 10.5. The van der Waals surface area contributed by atoms with E-state index in [4.69, 9.17) is 4.98 Å². The first-order valence-electron chi connectivity index (χ1n) is 11.7. The van der Waals surface area contributed by atoms with Crippen molar-refractivity contribution in [3.05, 3.63) is 41.3 Å². The monoisotopic (exact) mass is 468 g/mol. The number of hydrogen-bond acceptors (Lipinski definition) is 9. The van der Waals surface area contributed by atoms with Gasteiger partial charge in [0.1, 0.15) is 12.0 Å². The summed E-state index contributed by atoms with van der Waals surface area (Å²) in [7, 11) is 0. The highest BCUT2D eigenvalue weighted by atomic mass is 32.1. The van der Waals surface area contributed by atoms with E-state index < -0.39 is 11.8 Å². The third-order valence-electron chi connectivity index (χ3n) is 6.64. The summed E-state index contributed by atoms with van der Waals surface area (Å²) in [4.78, 5) is 9.44. The summed E-state index contributed by atoms with van der Waals surface area (Å²) in [5.41, 5.74) is 2.04. The van der Waals surface area contributed by atoms with E-state index in [1.165, 1.54) is 0 Å². The number of nitrogens with zero attached hydrogens (tertiary/aromatic N) is 2. The van der Waals surface area contributed by atoms with Gasteiger partial charge in [-0.1, -0.05) is 12.1 Å². The highest BCUT2D eigenvalue weighted by Gasteiger charge is 2.29. The summed E-state index contributed by atoms with van der Waals surface area (Å²) in [6.07, 6.45) is 3.75. The molecule has 3 heterocycles. The molecule has 33 heavy (non-hydrogen) atoms. The molecule has 8 nitrogen and oxygen atoms in total. The number of aliphatic hydroxyl groups excluding tert-OH is 1. The quantitative estimate of drug-likeness (QED) is 0.292. The van der Waals surface area contributed by atoms with Gasteiger partial charge in [0.15, 0.2) is 0 Å². The van der Waals surface area contributed by atoms with E-state index in [1.807, 2.05) is 42.6 Å². The van der Waals surface area contributed by atoms with E-state index in [2.05, 4.69) is 26.3 Å². The van der Waals surface area contributed by atoms with Gasteiger partial charge in [0.25, 0.3) is 0 Å². The molecule has 6 N–H and O–H groups in total. The van der Waals surface area contributed by atoms with Crippen LogP contribution in [-0.2, 0) is 0 Å². The maximum Gasteiger partial charge on any atom is 0.229 e. The Labute approximate surface area is 197 Å². The minimum absolute atomic E-state index is 0.293. The van der Waals surface area contributed by atoms with Crippen LogP contribution in [0.1, 0.15) is 50.8 Å². The van der Waals surface area contributed by atoms with Crippen LogP contribution in [0.5, 0.6) is 0 Å². The number of rotatable bonds is 7. The average molecular weight is 469 g/mol. The topological polar surface area (TPSA) is 114 Å². The zero-order valence-corrected chi connectivity index (χ0v) is 19.7. The summed E-state index contributed by atoms with van der Waals surface area (Å²) in [6, 6.07) is 10.3. The van der Waals surface area contributed by atoms with Gasteiger partial charge in [-0.3, -0.25) is 5.32 Å². The lowest BCUT2D eigenvalue weighted by atomic mass is 9.84. The summed E-state index contributed by atoms with van der Waals surface area (Å²) in [6.45, 7) is 3.79. The number of hydrogen-bond donors (Lipinski definition) is 6. The Morgan fingerprint density at radius 2 is 1.88 bits per heavy atom. The van der Waals surface area contributed by atoms with E-state index >= 15 is 0 Å². The van der Waals surface area contributed by atoms with Gasteiger partial charge >= 0.3 is 0 Å². The molecule has 1 aliphatic carbocycles. The van der Waals surface area contributed by atoms with Crippen molar-refractivity contribution in [2.45, 2.75) is 62.9 Å². The fraction of sp³-hybridized carbons (Fsp3) is 0.500. The van der Waals surface area contributed by atoms with E-state index in [0.717, 1.165) is 72.5 Å². The zero-order chi connectivity index (χ0) is 22.8. The Morgan fingerprint density at radius 3 is 2.61 bits per heavy atom. The Bertz CT molecular complexity index is 1070. The molecular weight excluding hydrogens is 436 g/mol. The van der Waals surface area contributed by atoms with Gasteiger partial charge < -0.3 is 26.2 Å². The first-order valence-corrected chi connectivity index (χ1v) is 12.6. The molecule has 9 heteroatoms. The summed E-state index contributed by atoms with van der Waals surface area (Å²) in [5.74, 6) is 1.38. The first-order chi connectivity index (χ1) is 15.9. The van der Waals surface area contributed by atoms with Crippen LogP contribution >= 0.6 is 11.3 Å². The number of nitrogens with one attached hydrogen (secondary N) is 4. The molecule has 2 atom stereocenters. The van der Waals surface area contributed by atoms with Crippen molar-refractivity contribution in [1.29, 1.82) is 0 Å². The average Bonchev–Trinajstić information content (AvgIpc) is 3.48. The molecule has 0 spiro atoms. The molecule has 1 unspecified atom stereocenters. The van der Waals surface area contributed by atoms with Gasteiger partial charge in [0, 0.05) is 24.3 Å². The van der Waals surface area contributed by atoms with Gasteiger partial charge in [-0.15, -0.1) is 11.3 Å². The van der Waals surface area contributed by atoms with Crippen molar-refractivity contribution in [3.8, 4) is 0 Å². The van der Waals surface area contributed by atoms with E-state index in [9.17, 15) is 10.2 Å². The fourth-order valence-corrected chi connectivity index (χ4v) is 5.37. The Kier molecular flexibility index (Phi) is 6.49. The van der Waals surface area contributed by atoms with Gasteiger partial charge in [-0.25, -0.2) is 4.98 Å². The highest BCUT2D eigenvalue weighted by Crippen LogP contribution is 2.33. The van der Waals surface area contributed by atoms with Crippen LogP contribution in [0.15, 0.2) is 35.7 Å². The van der Waals surface area contributed by atoms with Gasteiger partial charge in [-0.05, 0) is 74.7 Å². The van der Waals surface area contributed by atoms with Crippen molar-refractivity contribution in [2.24, 2.45) is 0 Å². The second-order valence-electron chi connectivity index (χ2n) is 9.45. The van der Waals surface area contributed by atoms with Gasteiger partial charge in [-0.2, -0.15) is 4.98 Å². The van der Waals surface area contributed by atoms with Crippen LogP contribution in [0.25, 0.3) is 10.2 Å². The number of benzene rings is 1. The smallest absolute Gasteiger partial charge is 0.229 e. The predicted molar refractivity (Wildman–Crippen MR) is 133 cm³/mol. The second kappa shape index (κ2) is 9.52. The molecule has 2 fully saturated rings. The molecule has 2 aliphatic rings. The van der Waals surface area contributed by atoms with Crippen LogP contribution in [0.3, 0.4) is 0 Å². The largest absolute Gasteiger partial charge is 0.390 e. The number of aliphatic hydroxyl groups is 2. The van der Waals surface area contributed by atoms with E-state index in [-0.39, 0.29) is 0 Å². The van der Waals surface area contributed by atoms with Crippen molar-refractivity contribution < 1.29 is 10.2 Å². The number of aromatic nitrogens is 2. The Morgan fingerprint density at radius 1 is 1.09 bits per heavy atom. The standard InChI is InChI=1S/C24H32N6O2S/c1-24(32)10-6-17(7-11-24)26-21-20-19(9-13-33-20)29-23(30-21)28-16-4-2-15(3-5-16)22(31)27-18-8-12-25-14-18/h2-5,9,13,17-18,22,25,27,31-32H,6-8,10-12,14H2,1H3,(H2,26,28,29,30)/t17-,18-,22?,24-/m1/s1. The van der Waals surface area contributed by atoms with Gasteiger partial charge in [0.2, 0.25) is 5.95 Å². The number of thiophene rings is 1. The normalized spacial score (nSPS) is 26.4. The second-order valence-corrected chi connectivity index (χ2v) is 10.4. The lowest BCUT2D eigenvalue weighted by Crippen LogP contribution is -2.35. The molecule has 1 saturated carbocycles. The summed E-state index contributed by atoms with van der Waals surface area (Å²) < 4.78 is 1.05. The molecular formula is C24H32N6O2S. The molecule has 2 aromatic heterocycles. The predicted octanol–water partition coefficient (Wildman–Crippen LogP) is 3.48. The molecule has 3 aromatic rings. The van der Waals surface area contributed by atoms with Crippen LogP contribution in [0.4, 0.5) is 17.5 Å². The van der Waals surface area contributed by atoms with Crippen molar-refractivity contribution in [1.82, 2.24) is 20.6 Å². The van der Waals surface area contributed by atoms with Crippen molar-refractivity contribution in [3.63, 3.8) is 0 Å². The third kappa shape index (κ3) is 5.44. The van der Waals surface area contributed by atoms with E-state index in [0.29, 0.717) is 18.0 Å². The molecule has 1 aliphatic heterocycles. The summed E-state index contributed by atoms with van der Waals surface area (Å²) in [5, 5.41) is 36.2. The number of anilines is 3. The SMILES string of the molecule is C[C@]1(O)CC[C@H](Nc2nc(Nc3ccc(C(O)N[C@@H]4CCNC4)cc3)nc3ccsc23)CC1. The molecule has 1 saturated heterocycles. The Balaban J connectivity index is 1.28.